The maximum absolute atomic E-state index is 14.3. The number of nitrogens with zero attached hydrogens (tertiary/aromatic N) is 2. The molecule has 5 N–H and O–H groups in total. The lowest BCUT2D eigenvalue weighted by molar-refractivity contribution is -0.131. The van der Waals surface area contributed by atoms with Gasteiger partial charge in [0.1, 0.15) is 18.7 Å². The summed E-state index contributed by atoms with van der Waals surface area (Å²) in [6.45, 7) is 7.95. The Balaban J connectivity index is 1.31. The van der Waals surface area contributed by atoms with Crippen molar-refractivity contribution in [3.63, 3.8) is 0 Å². The van der Waals surface area contributed by atoms with E-state index in [1.165, 1.54) is 0 Å². The maximum atomic E-state index is 14.3. The van der Waals surface area contributed by atoms with Crippen LogP contribution in [0.3, 0.4) is 0 Å². The van der Waals surface area contributed by atoms with Gasteiger partial charge in [-0.15, -0.1) is 0 Å². The smallest absolute Gasteiger partial charge is 0.408 e. The third kappa shape index (κ3) is 13.4. The number of aliphatic hydroxyl groups is 1. The van der Waals surface area contributed by atoms with Crippen molar-refractivity contribution in [1.29, 1.82) is 0 Å². The summed E-state index contributed by atoms with van der Waals surface area (Å²) in [5, 5.41) is 24.6. The first kappa shape index (κ1) is 41.8. The van der Waals surface area contributed by atoms with Crippen LogP contribution in [0.5, 0.6) is 0 Å². The zero-order chi connectivity index (χ0) is 39.7. The van der Waals surface area contributed by atoms with Crippen molar-refractivity contribution in [2.75, 3.05) is 39.4 Å². The number of rotatable bonds is 19. The van der Waals surface area contributed by atoms with Crippen LogP contribution in [0.15, 0.2) is 97.2 Å². The summed E-state index contributed by atoms with van der Waals surface area (Å²) in [5.74, 6) is -1.42. The van der Waals surface area contributed by atoms with Gasteiger partial charge in [-0.3, -0.25) is 24.3 Å². The summed E-state index contributed by atoms with van der Waals surface area (Å²) in [6, 6.07) is 25.0. The molecule has 4 atom stereocenters. The zero-order valence-corrected chi connectivity index (χ0v) is 32.2. The predicted molar refractivity (Wildman–Crippen MR) is 213 cm³/mol. The molecule has 2 unspecified atom stereocenters. The number of benzene rings is 3. The van der Waals surface area contributed by atoms with E-state index in [1.54, 1.807) is 24.4 Å². The topological polar surface area (TPSA) is 171 Å². The Morgan fingerprint density at radius 3 is 2.27 bits per heavy atom. The van der Waals surface area contributed by atoms with Gasteiger partial charge in [-0.25, -0.2) is 4.79 Å². The molecule has 4 amide bonds. The first-order chi connectivity index (χ1) is 27.1. The van der Waals surface area contributed by atoms with Gasteiger partial charge in [-0.1, -0.05) is 92.7 Å². The van der Waals surface area contributed by atoms with E-state index in [1.807, 2.05) is 86.6 Å². The van der Waals surface area contributed by atoms with E-state index in [0.717, 1.165) is 35.0 Å². The predicted octanol–water partition coefficient (Wildman–Crippen LogP) is 3.53. The highest BCUT2D eigenvalue weighted by molar-refractivity contribution is 5.93. The second-order valence-electron chi connectivity index (χ2n) is 14.5. The molecule has 0 radical (unpaired) electrons. The Bertz CT molecular complexity index is 1850. The Labute approximate surface area is 328 Å². The molecule has 13 heteroatoms. The average Bonchev–Trinajstić information content (AvgIpc) is 3.20. The van der Waals surface area contributed by atoms with Gasteiger partial charge in [0.25, 0.3) is 0 Å². The number of alkyl carbamates (subject to hydrolysis) is 1. The molecule has 1 saturated heterocycles. The zero-order valence-electron chi connectivity index (χ0n) is 32.2. The summed E-state index contributed by atoms with van der Waals surface area (Å²) >= 11 is 0. The number of nitrogens with one attached hydrogen (secondary N) is 4. The van der Waals surface area contributed by atoms with Crippen molar-refractivity contribution in [2.45, 2.75) is 70.4 Å². The number of morpholine rings is 1. The number of pyridine rings is 1. The second-order valence-corrected chi connectivity index (χ2v) is 14.5. The molecule has 3 aromatic carbocycles. The van der Waals surface area contributed by atoms with E-state index in [-0.39, 0.29) is 37.7 Å². The molecule has 56 heavy (non-hydrogen) atoms. The van der Waals surface area contributed by atoms with E-state index in [9.17, 15) is 24.3 Å². The van der Waals surface area contributed by atoms with E-state index < -0.39 is 42.1 Å². The van der Waals surface area contributed by atoms with Gasteiger partial charge in [-0.05, 0) is 46.4 Å². The summed E-state index contributed by atoms with van der Waals surface area (Å²) in [7, 11) is 0. The van der Waals surface area contributed by atoms with Gasteiger partial charge in [0.05, 0.1) is 31.8 Å². The molecular formula is C43H54N6O7. The average molecular weight is 767 g/mol. The number of aliphatic hydroxyl groups excluding tert-OH is 1. The molecule has 0 spiro atoms. The standard InChI is InChI=1S/C43H54N6O7/c1-30(2)25-36(39(50)28-40(51)45-19-20-49-21-23-55-24-22-49)46-42(53)38(27-34-16-8-9-18-44-34)47-41(52)37(48-43(54)56-29-31-11-4-3-5-12-31)26-33-15-10-14-32-13-6-7-17-35(32)33/h3-18,30,36-39,50H,19-29H2,1-2H3,(H,45,51)(H,46,53)(H,47,52)(H,48,54)/t36?,37-,38-,39?/m0/s1. The minimum atomic E-state index is -1.18. The van der Waals surface area contributed by atoms with Gasteiger partial charge in [0.15, 0.2) is 0 Å². The fraction of sp³-hybridized carbons (Fsp3) is 0.419. The molecule has 1 fully saturated rings. The van der Waals surface area contributed by atoms with Gasteiger partial charge in [0.2, 0.25) is 17.7 Å². The quantitative estimate of drug-likeness (QED) is 0.0959. The fourth-order valence-corrected chi connectivity index (χ4v) is 6.70. The Morgan fingerprint density at radius 2 is 1.52 bits per heavy atom. The van der Waals surface area contributed by atoms with Crippen LogP contribution in [0, 0.1) is 5.92 Å². The number of ether oxygens (including phenoxy) is 2. The number of amides is 4. The lowest BCUT2D eigenvalue weighted by atomic mass is 9.96. The summed E-state index contributed by atoms with van der Waals surface area (Å²) in [6.07, 6.45) is -0.0513. The molecule has 4 aromatic rings. The Kier molecular flexibility index (Phi) is 16.2. The van der Waals surface area contributed by atoms with Crippen LogP contribution in [0.2, 0.25) is 0 Å². The molecule has 1 aliphatic heterocycles. The van der Waals surface area contributed by atoms with Crippen molar-refractivity contribution in [1.82, 2.24) is 31.2 Å². The molecule has 2 heterocycles. The van der Waals surface area contributed by atoms with Crippen molar-refractivity contribution in [3.05, 3.63) is 114 Å². The number of aromatic nitrogens is 1. The minimum absolute atomic E-state index is 0.00541. The second kappa shape index (κ2) is 21.6. The van der Waals surface area contributed by atoms with Gasteiger partial charge >= 0.3 is 6.09 Å². The molecule has 5 rings (SSSR count). The van der Waals surface area contributed by atoms with Crippen molar-refractivity contribution < 1.29 is 33.8 Å². The highest BCUT2D eigenvalue weighted by Crippen LogP contribution is 2.20. The van der Waals surface area contributed by atoms with Gasteiger partial charge < -0.3 is 35.8 Å². The monoisotopic (exact) mass is 766 g/mol. The summed E-state index contributed by atoms with van der Waals surface area (Å²) in [5.41, 5.74) is 2.16. The number of hydrogen-bond donors (Lipinski definition) is 5. The molecule has 13 nitrogen and oxygen atoms in total. The fourth-order valence-electron chi connectivity index (χ4n) is 6.70. The molecule has 1 aromatic heterocycles. The van der Waals surface area contributed by atoms with E-state index >= 15 is 0 Å². The SMILES string of the molecule is CC(C)CC(NC(=O)[C@H](Cc1ccccn1)NC(=O)[C@H](Cc1cccc2ccccc12)NC(=O)OCc1ccccc1)C(O)CC(=O)NCCN1CCOCC1. The third-order valence-electron chi connectivity index (χ3n) is 9.66. The number of hydrogen-bond acceptors (Lipinski definition) is 9. The highest BCUT2D eigenvalue weighted by Gasteiger charge is 2.32. The first-order valence-electron chi connectivity index (χ1n) is 19.3. The van der Waals surface area contributed by atoms with Crippen LogP contribution < -0.4 is 21.3 Å². The number of fused-ring (bicyclic) bond motifs is 1. The Morgan fingerprint density at radius 1 is 0.821 bits per heavy atom. The molecular weight excluding hydrogens is 713 g/mol. The maximum Gasteiger partial charge on any atom is 0.408 e. The summed E-state index contributed by atoms with van der Waals surface area (Å²) < 4.78 is 10.9. The van der Waals surface area contributed by atoms with E-state index in [4.69, 9.17) is 9.47 Å². The van der Waals surface area contributed by atoms with Crippen molar-refractivity contribution in [3.8, 4) is 0 Å². The van der Waals surface area contributed by atoms with Crippen LogP contribution in [0.1, 0.15) is 43.5 Å². The van der Waals surface area contributed by atoms with E-state index in [0.29, 0.717) is 38.4 Å². The number of carbonyl (C=O) groups is 4. The summed E-state index contributed by atoms with van der Waals surface area (Å²) in [4.78, 5) is 61.1. The van der Waals surface area contributed by atoms with Crippen LogP contribution in [0.25, 0.3) is 10.8 Å². The largest absolute Gasteiger partial charge is 0.445 e. The number of carbonyl (C=O) groups excluding carboxylic acids is 4. The Hall–Kier alpha value is -5.37. The van der Waals surface area contributed by atoms with E-state index in [2.05, 4.69) is 31.2 Å². The van der Waals surface area contributed by atoms with Crippen molar-refractivity contribution >= 4 is 34.6 Å². The lowest BCUT2D eigenvalue weighted by Crippen LogP contribution is -2.57. The van der Waals surface area contributed by atoms with Crippen LogP contribution in [0.4, 0.5) is 4.79 Å². The van der Waals surface area contributed by atoms with Crippen LogP contribution in [-0.2, 0) is 43.3 Å². The highest BCUT2D eigenvalue weighted by atomic mass is 16.5. The minimum Gasteiger partial charge on any atom is -0.445 e. The van der Waals surface area contributed by atoms with Gasteiger partial charge in [-0.2, -0.15) is 0 Å². The molecule has 1 aliphatic rings. The molecule has 0 bridgehead atoms. The normalized spacial score (nSPS) is 15.3. The van der Waals surface area contributed by atoms with Gasteiger partial charge in [0, 0.05) is 50.9 Å². The molecule has 298 valence electrons. The third-order valence-corrected chi connectivity index (χ3v) is 9.66. The molecule has 0 saturated carbocycles. The first-order valence-corrected chi connectivity index (χ1v) is 19.3. The van der Waals surface area contributed by atoms with Crippen LogP contribution >= 0.6 is 0 Å². The van der Waals surface area contributed by atoms with Crippen LogP contribution in [-0.4, -0.2) is 102 Å². The van der Waals surface area contributed by atoms with Crippen molar-refractivity contribution in [2.24, 2.45) is 5.92 Å². The molecule has 0 aliphatic carbocycles. The lowest BCUT2D eigenvalue weighted by Gasteiger charge is -2.29.